The molecule has 142 valence electrons. The van der Waals surface area contributed by atoms with E-state index in [1.54, 1.807) is 18.2 Å². The van der Waals surface area contributed by atoms with Crippen LogP contribution in [0, 0.1) is 0 Å². The zero-order valence-corrected chi connectivity index (χ0v) is 15.9. The van der Waals surface area contributed by atoms with Crippen LogP contribution in [0.4, 0.5) is 0 Å². The minimum absolute atomic E-state index is 0.0218. The van der Waals surface area contributed by atoms with Crippen molar-refractivity contribution < 1.29 is 17.9 Å². The summed E-state index contributed by atoms with van der Waals surface area (Å²) >= 11 is 0. The van der Waals surface area contributed by atoms with Crippen LogP contribution in [-0.4, -0.2) is 20.9 Å². The van der Waals surface area contributed by atoms with Gasteiger partial charge in [-0.25, -0.2) is 13.1 Å². The van der Waals surface area contributed by atoms with E-state index in [1.807, 2.05) is 48.5 Å². The fourth-order valence-corrected chi connectivity index (χ4v) is 4.45. The van der Waals surface area contributed by atoms with Gasteiger partial charge in [-0.2, -0.15) is 0 Å². The Bertz CT molecular complexity index is 1060. The summed E-state index contributed by atoms with van der Waals surface area (Å²) in [6.45, 7) is -0.0218. The number of esters is 1. The molecule has 6 heteroatoms. The zero-order valence-electron chi connectivity index (χ0n) is 15.0. The average Bonchev–Trinajstić information content (AvgIpc) is 3.03. The van der Waals surface area contributed by atoms with Crippen LogP contribution in [0.15, 0.2) is 83.8 Å². The van der Waals surface area contributed by atoms with Gasteiger partial charge < -0.3 is 4.74 Å². The highest BCUT2D eigenvalue weighted by molar-refractivity contribution is 7.89. The lowest BCUT2D eigenvalue weighted by Gasteiger charge is -2.15. The maximum Gasteiger partial charge on any atom is 0.308 e. The summed E-state index contributed by atoms with van der Waals surface area (Å²) in [5.74, 6) is -0.452. The van der Waals surface area contributed by atoms with Crippen molar-refractivity contribution in [1.29, 1.82) is 0 Å². The second-order valence-corrected chi connectivity index (χ2v) is 8.27. The number of ether oxygens (including phenoxy) is 1. The smallest absolute Gasteiger partial charge is 0.308 e. The number of benzene rings is 3. The Balaban J connectivity index is 1.42. The van der Waals surface area contributed by atoms with Gasteiger partial charge in [0.25, 0.3) is 0 Å². The fourth-order valence-electron chi connectivity index (χ4n) is 3.40. The van der Waals surface area contributed by atoms with Gasteiger partial charge in [-0.05, 0) is 23.3 Å². The highest BCUT2D eigenvalue weighted by atomic mass is 32.2. The predicted molar refractivity (Wildman–Crippen MR) is 106 cm³/mol. The van der Waals surface area contributed by atoms with Crippen LogP contribution in [-0.2, 0) is 19.6 Å². The Morgan fingerprint density at radius 2 is 1.36 bits per heavy atom. The molecule has 0 radical (unpaired) electrons. The third kappa shape index (κ3) is 3.56. The number of carbonyl (C=O) groups excluding carboxylic acids is 1. The quantitative estimate of drug-likeness (QED) is 0.649. The molecule has 28 heavy (non-hydrogen) atoms. The SMILES string of the molecule is O=C(CCNS(=O)(=O)c1ccccc1)OC1c2ccccc2-c2ccccc21. The predicted octanol–water partition coefficient (Wildman–Crippen LogP) is 3.67. The first-order valence-corrected chi connectivity index (χ1v) is 10.5. The molecule has 0 aliphatic heterocycles. The standard InChI is InChI=1S/C22H19NO4S/c24-21(14-15-23-28(25,26)16-8-2-1-3-9-16)27-22-19-12-6-4-10-17(19)18-11-5-7-13-20(18)22/h1-13,22-23H,14-15H2. The monoisotopic (exact) mass is 393 g/mol. The number of hydrogen-bond donors (Lipinski definition) is 1. The highest BCUT2D eigenvalue weighted by Gasteiger charge is 2.30. The second kappa shape index (κ2) is 7.58. The number of sulfonamides is 1. The van der Waals surface area contributed by atoms with Crippen molar-refractivity contribution in [2.24, 2.45) is 0 Å². The number of carbonyl (C=O) groups is 1. The van der Waals surface area contributed by atoms with E-state index < -0.39 is 22.1 Å². The molecular formula is C22H19NO4S. The third-order valence-electron chi connectivity index (χ3n) is 4.70. The number of rotatable bonds is 6. The van der Waals surface area contributed by atoms with Crippen LogP contribution in [0.3, 0.4) is 0 Å². The van der Waals surface area contributed by atoms with E-state index in [0.29, 0.717) is 0 Å². The molecule has 4 rings (SSSR count). The van der Waals surface area contributed by atoms with Gasteiger partial charge in [0, 0.05) is 17.7 Å². The van der Waals surface area contributed by atoms with Crippen LogP contribution in [0.25, 0.3) is 11.1 Å². The summed E-state index contributed by atoms with van der Waals surface area (Å²) in [5.41, 5.74) is 4.00. The topological polar surface area (TPSA) is 72.5 Å². The molecule has 1 N–H and O–H groups in total. The molecule has 5 nitrogen and oxygen atoms in total. The van der Waals surface area contributed by atoms with Crippen molar-refractivity contribution in [1.82, 2.24) is 4.72 Å². The molecule has 0 heterocycles. The van der Waals surface area contributed by atoms with Gasteiger partial charge in [-0.1, -0.05) is 66.7 Å². The minimum Gasteiger partial charge on any atom is -0.452 e. The van der Waals surface area contributed by atoms with Gasteiger partial charge >= 0.3 is 5.97 Å². The van der Waals surface area contributed by atoms with Gasteiger partial charge in [0.1, 0.15) is 0 Å². The van der Waals surface area contributed by atoms with E-state index in [1.165, 1.54) is 12.1 Å². The van der Waals surface area contributed by atoms with Crippen LogP contribution >= 0.6 is 0 Å². The molecule has 0 amide bonds. The maximum absolute atomic E-state index is 12.4. The summed E-state index contributed by atoms with van der Waals surface area (Å²) in [7, 11) is -3.64. The van der Waals surface area contributed by atoms with E-state index in [4.69, 9.17) is 4.74 Å². The van der Waals surface area contributed by atoms with Gasteiger partial charge in [0.05, 0.1) is 11.3 Å². The average molecular weight is 393 g/mol. The van der Waals surface area contributed by atoms with E-state index in [-0.39, 0.29) is 17.9 Å². The van der Waals surface area contributed by atoms with E-state index in [9.17, 15) is 13.2 Å². The molecule has 0 spiro atoms. The van der Waals surface area contributed by atoms with E-state index in [2.05, 4.69) is 4.72 Å². The van der Waals surface area contributed by atoms with Crippen molar-refractivity contribution in [2.45, 2.75) is 17.4 Å². The van der Waals surface area contributed by atoms with Crippen LogP contribution in [0.5, 0.6) is 0 Å². The van der Waals surface area contributed by atoms with E-state index in [0.717, 1.165) is 22.3 Å². The first-order chi connectivity index (χ1) is 13.6. The number of fused-ring (bicyclic) bond motifs is 3. The van der Waals surface area contributed by atoms with Gasteiger partial charge in [0.15, 0.2) is 6.10 Å². The fraction of sp³-hybridized carbons (Fsp3) is 0.136. The first-order valence-electron chi connectivity index (χ1n) is 8.99. The Morgan fingerprint density at radius 3 is 1.96 bits per heavy atom. The summed E-state index contributed by atoms with van der Waals surface area (Å²) in [6, 6.07) is 23.7. The van der Waals surface area contributed by atoms with Crippen molar-refractivity contribution in [3.05, 3.63) is 90.0 Å². The summed E-state index contributed by atoms with van der Waals surface area (Å²) in [5, 5.41) is 0. The molecule has 0 saturated carbocycles. The molecular weight excluding hydrogens is 374 g/mol. The van der Waals surface area contributed by atoms with Gasteiger partial charge in [-0.3, -0.25) is 4.79 Å². The highest BCUT2D eigenvalue weighted by Crippen LogP contribution is 2.45. The number of hydrogen-bond acceptors (Lipinski definition) is 4. The second-order valence-electron chi connectivity index (χ2n) is 6.51. The molecule has 3 aromatic rings. The van der Waals surface area contributed by atoms with Crippen LogP contribution in [0.1, 0.15) is 23.7 Å². The molecule has 3 aromatic carbocycles. The lowest BCUT2D eigenvalue weighted by molar-refractivity contribution is -0.147. The van der Waals surface area contributed by atoms with Crippen molar-refractivity contribution in [3.63, 3.8) is 0 Å². The van der Waals surface area contributed by atoms with Crippen molar-refractivity contribution in [3.8, 4) is 11.1 Å². The lowest BCUT2D eigenvalue weighted by atomic mass is 10.1. The number of nitrogens with one attached hydrogen (secondary N) is 1. The normalized spacial score (nSPS) is 13.0. The molecule has 0 bridgehead atoms. The molecule has 0 unspecified atom stereocenters. The first kappa shape index (κ1) is 18.4. The molecule has 0 saturated heterocycles. The van der Waals surface area contributed by atoms with E-state index >= 15 is 0 Å². The Hall–Kier alpha value is -2.96. The Morgan fingerprint density at radius 1 is 0.821 bits per heavy atom. The third-order valence-corrected chi connectivity index (χ3v) is 6.18. The van der Waals surface area contributed by atoms with Gasteiger partial charge in [-0.15, -0.1) is 0 Å². The summed E-state index contributed by atoms with van der Waals surface area (Å²) in [4.78, 5) is 12.6. The molecule has 1 aliphatic rings. The Labute approximate surface area is 164 Å². The van der Waals surface area contributed by atoms with Crippen molar-refractivity contribution in [2.75, 3.05) is 6.54 Å². The maximum atomic E-state index is 12.4. The Kier molecular flexibility index (Phi) is 4.98. The van der Waals surface area contributed by atoms with Gasteiger partial charge in [0.2, 0.25) is 10.0 Å². The minimum atomic E-state index is -3.64. The van der Waals surface area contributed by atoms with Crippen molar-refractivity contribution >= 4 is 16.0 Å². The molecule has 0 fully saturated rings. The molecule has 0 aromatic heterocycles. The van der Waals surface area contributed by atoms with Crippen LogP contribution < -0.4 is 4.72 Å². The lowest BCUT2D eigenvalue weighted by Crippen LogP contribution is -2.27. The zero-order chi connectivity index (χ0) is 19.6. The largest absolute Gasteiger partial charge is 0.452 e. The molecule has 1 aliphatic carbocycles. The summed E-state index contributed by atoms with van der Waals surface area (Å²) < 4.78 is 32.6. The summed E-state index contributed by atoms with van der Waals surface area (Å²) in [6.07, 6.45) is -0.516. The molecule has 0 atom stereocenters. The van der Waals surface area contributed by atoms with Crippen LogP contribution in [0.2, 0.25) is 0 Å².